The molecule has 1 aromatic rings. The van der Waals surface area contributed by atoms with E-state index in [0.717, 1.165) is 0 Å². The molecule has 0 fully saturated rings. The summed E-state index contributed by atoms with van der Waals surface area (Å²) in [6.07, 6.45) is 2.99. The van der Waals surface area contributed by atoms with E-state index in [0.29, 0.717) is 5.95 Å². The third-order valence-electron chi connectivity index (χ3n) is 1.86. The molecule has 70 valence electrons. The van der Waals surface area contributed by atoms with Gasteiger partial charge in [-0.25, -0.2) is 9.99 Å². The fraction of sp³-hybridized carbons (Fsp3) is 0.500. The van der Waals surface area contributed by atoms with Gasteiger partial charge in [-0.3, -0.25) is 0 Å². The van der Waals surface area contributed by atoms with Crippen molar-refractivity contribution in [1.29, 1.82) is 0 Å². The maximum absolute atomic E-state index is 5.18. The molecule has 7 heteroatoms. The van der Waals surface area contributed by atoms with Crippen molar-refractivity contribution in [3.05, 3.63) is 6.33 Å². The predicted octanol–water partition coefficient (Wildman–Crippen LogP) is -0.408. The van der Waals surface area contributed by atoms with Crippen molar-refractivity contribution in [2.75, 3.05) is 19.6 Å². The first-order valence-electron chi connectivity index (χ1n) is 3.63. The first kappa shape index (κ1) is 8.14. The van der Waals surface area contributed by atoms with Crippen LogP contribution in [0.15, 0.2) is 11.4 Å². The van der Waals surface area contributed by atoms with Crippen molar-refractivity contribution in [2.24, 2.45) is 5.10 Å². The summed E-state index contributed by atoms with van der Waals surface area (Å²) in [7, 11) is 3.04. The maximum Gasteiger partial charge on any atom is 0.299 e. The van der Waals surface area contributed by atoms with Crippen LogP contribution in [0.2, 0.25) is 0 Å². The predicted molar refractivity (Wildman–Crippen MR) is 44.1 cm³/mol. The fourth-order valence-corrected chi connectivity index (χ4v) is 1.16. The van der Waals surface area contributed by atoms with Gasteiger partial charge in [-0.2, -0.15) is 5.10 Å². The van der Waals surface area contributed by atoms with Crippen molar-refractivity contribution in [2.45, 2.75) is 5.91 Å². The van der Waals surface area contributed by atoms with Gasteiger partial charge in [0.15, 0.2) is 0 Å². The number of nitrogens with zero attached hydrogens (tertiary/aromatic N) is 4. The summed E-state index contributed by atoms with van der Waals surface area (Å²) in [4.78, 5) is 0. The number of aromatic nitrogens is 3. The van der Waals surface area contributed by atoms with E-state index < -0.39 is 5.91 Å². The average molecular weight is 183 g/mol. The molecule has 1 aromatic heterocycles. The highest BCUT2D eigenvalue weighted by atomic mass is 16.7. The first-order chi connectivity index (χ1) is 6.32. The lowest BCUT2D eigenvalue weighted by Gasteiger charge is -2.30. The normalized spacial score (nSPS) is 18.0. The van der Waals surface area contributed by atoms with Crippen LogP contribution in [-0.2, 0) is 15.4 Å². The van der Waals surface area contributed by atoms with Gasteiger partial charge >= 0.3 is 0 Å². The van der Waals surface area contributed by atoms with E-state index in [4.69, 9.17) is 9.47 Å². The minimum atomic E-state index is -1.04. The second kappa shape index (κ2) is 2.79. The molecule has 1 aliphatic heterocycles. The van der Waals surface area contributed by atoms with E-state index in [-0.39, 0.29) is 0 Å². The summed E-state index contributed by atoms with van der Waals surface area (Å²) in [5.74, 6) is -0.560. The molecule has 0 bridgehead atoms. The van der Waals surface area contributed by atoms with Crippen LogP contribution in [0.1, 0.15) is 0 Å². The Hall–Kier alpha value is -1.47. The number of methoxy groups -OCH3 is 2. The van der Waals surface area contributed by atoms with Gasteiger partial charge in [0.1, 0.15) is 12.5 Å². The summed E-state index contributed by atoms with van der Waals surface area (Å²) in [5.41, 5.74) is 2.66. The van der Waals surface area contributed by atoms with E-state index in [2.05, 4.69) is 20.7 Å². The fourth-order valence-electron chi connectivity index (χ4n) is 1.16. The lowest BCUT2D eigenvalue weighted by Crippen LogP contribution is -2.42. The molecule has 0 saturated carbocycles. The Labute approximate surface area is 74.4 Å². The van der Waals surface area contributed by atoms with Crippen LogP contribution < -0.4 is 5.43 Å². The van der Waals surface area contributed by atoms with Crippen LogP contribution in [0.3, 0.4) is 0 Å². The molecule has 2 rings (SSSR count). The average Bonchev–Trinajstić information content (AvgIpc) is 2.65. The molecule has 0 atom stereocenters. The summed E-state index contributed by atoms with van der Waals surface area (Å²) < 4.78 is 12.0. The largest absolute Gasteiger partial charge is 0.331 e. The second-order valence-electron chi connectivity index (χ2n) is 2.43. The monoisotopic (exact) mass is 183 g/mol. The SMILES string of the molecule is COC1(OC)C=NNc2nncn21. The van der Waals surface area contributed by atoms with E-state index in [1.54, 1.807) is 4.57 Å². The molecular weight excluding hydrogens is 174 g/mol. The van der Waals surface area contributed by atoms with Gasteiger partial charge in [-0.15, -0.1) is 10.2 Å². The Morgan fingerprint density at radius 2 is 2.23 bits per heavy atom. The van der Waals surface area contributed by atoms with Crippen molar-refractivity contribution in [3.63, 3.8) is 0 Å². The zero-order chi connectivity index (χ0) is 9.31. The number of fused-ring (bicyclic) bond motifs is 1. The quantitative estimate of drug-likeness (QED) is 0.631. The van der Waals surface area contributed by atoms with E-state index in [9.17, 15) is 0 Å². The number of hydrogen-bond donors (Lipinski definition) is 1. The van der Waals surface area contributed by atoms with Gasteiger partial charge in [0.05, 0.1) is 0 Å². The number of anilines is 1. The van der Waals surface area contributed by atoms with E-state index >= 15 is 0 Å². The molecule has 0 unspecified atom stereocenters. The Kier molecular flexibility index (Phi) is 1.74. The van der Waals surface area contributed by atoms with Crippen molar-refractivity contribution < 1.29 is 9.47 Å². The molecule has 7 nitrogen and oxygen atoms in total. The van der Waals surface area contributed by atoms with Gasteiger partial charge in [0.2, 0.25) is 5.95 Å². The molecule has 0 spiro atoms. The molecule has 1 aliphatic rings. The Bertz CT molecular complexity index is 330. The molecule has 0 aliphatic carbocycles. The van der Waals surface area contributed by atoms with Gasteiger partial charge in [0.25, 0.3) is 5.91 Å². The smallest absolute Gasteiger partial charge is 0.299 e. The topological polar surface area (TPSA) is 73.6 Å². The van der Waals surface area contributed by atoms with Gasteiger partial charge in [0, 0.05) is 14.2 Å². The Balaban J connectivity index is 2.49. The summed E-state index contributed by atoms with van der Waals surface area (Å²) in [5, 5.41) is 11.3. The van der Waals surface area contributed by atoms with Crippen LogP contribution in [0.25, 0.3) is 0 Å². The third-order valence-corrected chi connectivity index (χ3v) is 1.86. The minimum absolute atomic E-state index is 0.478. The molecule has 0 saturated heterocycles. The first-order valence-corrected chi connectivity index (χ1v) is 3.63. The third kappa shape index (κ3) is 1.01. The zero-order valence-corrected chi connectivity index (χ0v) is 7.26. The van der Waals surface area contributed by atoms with Gasteiger partial charge in [-0.1, -0.05) is 0 Å². The molecule has 0 radical (unpaired) electrons. The van der Waals surface area contributed by atoms with Crippen LogP contribution in [0, 0.1) is 0 Å². The van der Waals surface area contributed by atoms with Crippen molar-refractivity contribution in [3.8, 4) is 0 Å². The molecular formula is C6H9N5O2. The molecule has 0 aromatic carbocycles. The van der Waals surface area contributed by atoms with E-state index in [1.807, 2.05) is 0 Å². The second-order valence-corrected chi connectivity index (χ2v) is 2.43. The Morgan fingerprint density at radius 1 is 1.46 bits per heavy atom. The molecule has 13 heavy (non-hydrogen) atoms. The molecule has 1 N–H and O–H groups in total. The van der Waals surface area contributed by atoms with Crippen LogP contribution in [0.5, 0.6) is 0 Å². The standard InChI is InChI=1S/C6H9N5O2/c1-12-6(13-2)3-7-9-5-10-8-4-11(5)6/h3-4H,1-2H3,(H,9,10). The number of hydrogen-bond acceptors (Lipinski definition) is 6. The van der Waals surface area contributed by atoms with E-state index in [1.165, 1.54) is 26.8 Å². The minimum Gasteiger partial charge on any atom is -0.331 e. The van der Waals surface area contributed by atoms with Gasteiger partial charge in [-0.05, 0) is 0 Å². The number of nitrogens with one attached hydrogen (secondary N) is 1. The zero-order valence-electron chi connectivity index (χ0n) is 7.26. The highest BCUT2D eigenvalue weighted by Crippen LogP contribution is 2.23. The van der Waals surface area contributed by atoms with Crippen LogP contribution in [-0.4, -0.2) is 35.2 Å². The lowest BCUT2D eigenvalue weighted by atomic mass is 10.5. The Morgan fingerprint density at radius 3 is 2.92 bits per heavy atom. The lowest BCUT2D eigenvalue weighted by molar-refractivity contribution is -0.208. The molecule has 0 amide bonds. The van der Waals surface area contributed by atoms with Crippen LogP contribution in [0.4, 0.5) is 5.95 Å². The summed E-state index contributed by atoms with van der Waals surface area (Å²) >= 11 is 0. The van der Waals surface area contributed by atoms with Crippen LogP contribution >= 0.6 is 0 Å². The highest BCUT2D eigenvalue weighted by molar-refractivity contribution is 5.68. The maximum atomic E-state index is 5.18. The van der Waals surface area contributed by atoms with Crippen molar-refractivity contribution >= 4 is 12.2 Å². The van der Waals surface area contributed by atoms with Crippen molar-refractivity contribution in [1.82, 2.24) is 14.8 Å². The number of hydrazone groups is 1. The summed E-state index contributed by atoms with van der Waals surface area (Å²) in [6.45, 7) is 0. The van der Waals surface area contributed by atoms with Gasteiger partial charge < -0.3 is 9.47 Å². The summed E-state index contributed by atoms with van der Waals surface area (Å²) in [6, 6.07) is 0. The highest BCUT2D eigenvalue weighted by Gasteiger charge is 2.35. The number of ether oxygens (including phenoxy) is 2. The molecule has 2 heterocycles. The number of rotatable bonds is 2.